The number of thiazole rings is 1. The summed E-state index contributed by atoms with van der Waals surface area (Å²) in [5, 5.41) is 5.98. The SMILES string of the molecule is C[C@@H](C(=O)Nc1cccc(F)c1)N1CCN(Cc2csc(-c3ccccc3)n2)CC1. The van der Waals surface area contributed by atoms with E-state index in [9.17, 15) is 9.18 Å². The number of benzene rings is 2. The number of rotatable bonds is 6. The fourth-order valence-electron chi connectivity index (χ4n) is 3.61. The molecule has 0 saturated carbocycles. The van der Waals surface area contributed by atoms with Crippen LogP contribution in [0.15, 0.2) is 60.0 Å². The van der Waals surface area contributed by atoms with Crippen molar-refractivity contribution < 1.29 is 9.18 Å². The van der Waals surface area contributed by atoms with Gasteiger partial charge in [0.1, 0.15) is 10.8 Å². The summed E-state index contributed by atoms with van der Waals surface area (Å²) in [6, 6.07) is 16.0. The van der Waals surface area contributed by atoms with Crippen LogP contribution in [0.1, 0.15) is 12.6 Å². The minimum absolute atomic E-state index is 0.110. The number of anilines is 1. The summed E-state index contributed by atoms with van der Waals surface area (Å²) in [4.78, 5) is 21.9. The first-order valence-electron chi connectivity index (χ1n) is 10.1. The molecule has 3 aromatic rings. The third kappa shape index (κ3) is 5.11. The molecule has 0 bridgehead atoms. The summed E-state index contributed by atoms with van der Waals surface area (Å²) in [7, 11) is 0. The first kappa shape index (κ1) is 20.7. The first-order valence-corrected chi connectivity index (χ1v) is 11.0. The second kappa shape index (κ2) is 9.47. The van der Waals surface area contributed by atoms with Crippen molar-refractivity contribution in [2.75, 3.05) is 31.5 Å². The zero-order valence-corrected chi connectivity index (χ0v) is 17.7. The molecule has 0 radical (unpaired) electrons. The Balaban J connectivity index is 1.27. The highest BCUT2D eigenvalue weighted by atomic mass is 32.1. The Bertz CT molecular complexity index is 986. The van der Waals surface area contributed by atoms with Crippen LogP contribution in [-0.2, 0) is 11.3 Å². The van der Waals surface area contributed by atoms with Gasteiger partial charge in [0, 0.05) is 49.4 Å². The van der Waals surface area contributed by atoms with E-state index in [0.29, 0.717) is 5.69 Å². The summed E-state index contributed by atoms with van der Waals surface area (Å²) in [6.45, 7) is 6.12. The van der Waals surface area contributed by atoms with Crippen molar-refractivity contribution in [2.24, 2.45) is 0 Å². The molecule has 0 aliphatic carbocycles. The maximum Gasteiger partial charge on any atom is 0.241 e. The highest BCUT2D eigenvalue weighted by Gasteiger charge is 2.26. The number of hydrogen-bond donors (Lipinski definition) is 1. The molecule has 156 valence electrons. The van der Waals surface area contributed by atoms with Crippen molar-refractivity contribution in [1.82, 2.24) is 14.8 Å². The monoisotopic (exact) mass is 424 g/mol. The minimum atomic E-state index is -0.355. The maximum absolute atomic E-state index is 13.3. The molecular weight excluding hydrogens is 399 g/mol. The fraction of sp³-hybridized carbons (Fsp3) is 0.304. The van der Waals surface area contributed by atoms with Gasteiger partial charge in [-0.15, -0.1) is 11.3 Å². The molecule has 1 aromatic heterocycles. The van der Waals surface area contributed by atoms with E-state index in [0.717, 1.165) is 49.0 Å². The van der Waals surface area contributed by atoms with Gasteiger partial charge in [-0.3, -0.25) is 14.6 Å². The van der Waals surface area contributed by atoms with Gasteiger partial charge in [-0.1, -0.05) is 36.4 Å². The normalized spacial score (nSPS) is 16.3. The van der Waals surface area contributed by atoms with E-state index in [4.69, 9.17) is 4.98 Å². The number of carbonyl (C=O) groups excluding carboxylic acids is 1. The summed E-state index contributed by atoms with van der Waals surface area (Å²) < 4.78 is 13.3. The number of halogens is 1. The lowest BCUT2D eigenvalue weighted by Gasteiger charge is -2.37. The van der Waals surface area contributed by atoms with E-state index >= 15 is 0 Å². The van der Waals surface area contributed by atoms with Crippen molar-refractivity contribution >= 4 is 22.9 Å². The number of hydrogen-bond acceptors (Lipinski definition) is 5. The van der Waals surface area contributed by atoms with Crippen LogP contribution in [0.5, 0.6) is 0 Å². The molecule has 1 aliphatic rings. The van der Waals surface area contributed by atoms with E-state index < -0.39 is 0 Å². The average Bonchev–Trinajstić information content (AvgIpc) is 3.23. The molecule has 30 heavy (non-hydrogen) atoms. The van der Waals surface area contributed by atoms with Gasteiger partial charge < -0.3 is 5.32 Å². The Morgan fingerprint density at radius 3 is 2.63 bits per heavy atom. The van der Waals surface area contributed by atoms with Crippen LogP contribution in [0.3, 0.4) is 0 Å². The van der Waals surface area contributed by atoms with Crippen LogP contribution in [0.4, 0.5) is 10.1 Å². The molecule has 1 N–H and O–H groups in total. The van der Waals surface area contributed by atoms with Gasteiger partial charge in [-0.25, -0.2) is 9.37 Å². The summed E-state index contributed by atoms with van der Waals surface area (Å²) in [6.07, 6.45) is 0. The van der Waals surface area contributed by atoms with E-state index in [2.05, 4.69) is 32.6 Å². The Morgan fingerprint density at radius 1 is 1.13 bits per heavy atom. The highest BCUT2D eigenvalue weighted by Crippen LogP contribution is 2.24. The van der Waals surface area contributed by atoms with Gasteiger partial charge >= 0.3 is 0 Å². The van der Waals surface area contributed by atoms with Gasteiger partial charge in [0.15, 0.2) is 0 Å². The van der Waals surface area contributed by atoms with Crippen molar-refractivity contribution in [3.05, 3.63) is 71.5 Å². The van der Waals surface area contributed by atoms with Crippen molar-refractivity contribution in [3.63, 3.8) is 0 Å². The molecule has 7 heteroatoms. The van der Waals surface area contributed by atoms with Crippen LogP contribution in [-0.4, -0.2) is 52.9 Å². The largest absolute Gasteiger partial charge is 0.325 e. The van der Waals surface area contributed by atoms with E-state index in [1.165, 1.54) is 12.1 Å². The minimum Gasteiger partial charge on any atom is -0.325 e. The predicted octanol–water partition coefficient (Wildman–Crippen LogP) is 4.09. The van der Waals surface area contributed by atoms with Crippen LogP contribution in [0.25, 0.3) is 10.6 Å². The summed E-state index contributed by atoms with van der Waals surface area (Å²) in [5.74, 6) is -0.465. The smallest absolute Gasteiger partial charge is 0.241 e. The Kier molecular flexibility index (Phi) is 6.52. The number of nitrogens with zero attached hydrogens (tertiary/aromatic N) is 3. The van der Waals surface area contributed by atoms with E-state index in [-0.39, 0.29) is 17.8 Å². The Labute approximate surface area is 180 Å². The zero-order valence-electron chi connectivity index (χ0n) is 16.9. The lowest BCUT2D eigenvalue weighted by Crippen LogP contribution is -2.52. The molecule has 4 rings (SSSR count). The number of nitrogens with one attached hydrogen (secondary N) is 1. The predicted molar refractivity (Wildman–Crippen MR) is 119 cm³/mol. The second-order valence-electron chi connectivity index (χ2n) is 7.50. The molecule has 0 spiro atoms. The van der Waals surface area contributed by atoms with Crippen LogP contribution in [0.2, 0.25) is 0 Å². The molecule has 1 fully saturated rings. The quantitative estimate of drug-likeness (QED) is 0.647. The van der Waals surface area contributed by atoms with Crippen molar-refractivity contribution in [2.45, 2.75) is 19.5 Å². The topological polar surface area (TPSA) is 48.5 Å². The highest BCUT2D eigenvalue weighted by molar-refractivity contribution is 7.13. The van der Waals surface area contributed by atoms with E-state index in [1.54, 1.807) is 23.5 Å². The maximum atomic E-state index is 13.3. The van der Waals surface area contributed by atoms with Crippen LogP contribution in [0, 0.1) is 5.82 Å². The van der Waals surface area contributed by atoms with Gasteiger partial charge in [0.05, 0.1) is 11.7 Å². The fourth-order valence-corrected chi connectivity index (χ4v) is 4.43. The van der Waals surface area contributed by atoms with E-state index in [1.807, 2.05) is 25.1 Å². The number of amides is 1. The van der Waals surface area contributed by atoms with Gasteiger partial charge in [0.25, 0.3) is 0 Å². The molecule has 1 aliphatic heterocycles. The van der Waals surface area contributed by atoms with Crippen LogP contribution < -0.4 is 5.32 Å². The third-order valence-corrected chi connectivity index (χ3v) is 6.32. The molecule has 2 aromatic carbocycles. The molecule has 0 unspecified atom stereocenters. The Morgan fingerprint density at radius 2 is 1.90 bits per heavy atom. The zero-order chi connectivity index (χ0) is 20.9. The number of aromatic nitrogens is 1. The summed E-state index contributed by atoms with van der Waals surface area (Å²) >= 11 is 1.67. The molecular formula is C23H25FN4OS. The molecule has 1 atom stereocenters. The van der Waals surface area contributed by atoms with Gasteiger partial charge in [0.2, 0.25) is 5.91 Å². The summed E-state index contributed by atoms with van der Waals surface area (Å²) in [5.41, 5.74) is 2.73. The number of carbonyl (C=O) groups is 1. The Hall–Kier alpha value is -2.61. The lowest BCUT2D eigenvalue weighted by atomic mass is 10.2. The first-order chi connectivity index (χ1) is 14.6. The van der Waals surface area contributed by atoms with Crippen LogP contribution >= 0.6 is 11.3 Å². The van der Waals surface area contributed by atoms with Crippen molar-refractivity contribution in [1.29, 1.82) is 0 Å². The molecule has 1 amide bonds. The third-order valence-electron chi connectivity index (χ3n) is 5.38. The lowest BCUT2D eigenvalue weighted by molar-refractivity contribution is -0.121. The van der Waals surface area contributed by atoms with Gasteiger partial charge in [-0.2, -0.15) is 0 Å². The standard InChI is InChI=1S/C23H25FN4OS/c1-17(22(29)25-20-9-5-8-19(24)14-20)28-12-10-27(11-13-28)15-21-16-30-23(26-21)18-6-3-2-4-7-18/h2-9,14,16-17H,10-13,15H2,1H3,(H,25,29)/t17-/m0/s1. The average molecular weight is 425 g/mol. The molecule has 1 saturated heterocycles. The molecule has 2 heterocycles. The van der Waals surface area contributed by atoms with Gasteiger partial charge in [-0.05, 0) is 25.1 Å². The van der Waals surface area contributed by atoms with Crippen molar-refractivity contribution in [3.8, 4) is 10.6 Å². The number of piperazine rings is 1. The second-order valence-corrected chi connectivity index (χ2v) is 8.36. The molecule has 5 nitrogen and oxygen atoms in total.